The molecule has 0 bridgehead atoms. The third-order valence-electron chi connectivity index (χ3n) is 3.97. The topological polar surface area (TPSA) is 54.2 Å². The number of nitrogens with one attached hydrogen (secondary N) is 2. The molecule has 0 saturated carbocycles. The van der Waals surface area contributed by atoms with Crippen LogP contribution in [0.3, 0.4) is 0 Å². The quantitative estimate of drug-likeness (QED) is 0.282. The van der Waals surface area contributed by atoms with Crippen molar-refractivity contribution in [3.05, 3.63) is 75.2 Å². The van der Waals surface area contributed by atoms with Crippen LogP contribution in [0, 0.1) is 0 Å². The molecular weight excluding hydrogens is 493 g/mol. The van der Waals surface area contributed by atoms with E-state index >= 15 is 0 Å². The van der Waals surface area contributed by atoms with E-state index in [-0.39, 0.29) is 24.0 Å². The number of aliphatic imine (C=N–C) groups is 1. The third-order valence-corrected chi connectivity index (χ3v) is 5.26. The minimum Gasteiger partial charge on any atom is -0.356 e. The van der Waals surface area contributed by atoms with Gasteiger partial charge in [-0.1, -0.05) is 35.9 Å². The Hall–Kier alpha value is -1.58. The molecule has 3 aromatic rings. The summed E-state index contributed by atoms with van der Waals surface area (Å²) in [5, 5.41) is 11.0. The Morgan fingerprint density at radius 1 is 1.15 bits per heavy atom. The van der Waals surface area contributed by atoms with Crippen molar-refractivity contribution in [2.45, 2.75) is 19.5 Å². The van der Waals surface area contributed by atoms with Crippen LogP contribution < -0.4 is 10.6 Å². The van der Waals surface area contributed by atoms with Crippen LogP contribution in [0.1, 0.15) is 16.0 Å². The lowest BCUT2D eigenvalue weighted by Gasteiger charge is -2.14. The molecule has 27 heavy (non-hydrogen) atoms. The largest absolute Gasteiger partial charge is 0.356 e. The molecule has 144 valence electrons. The van der Waals surface area contributed by atoms with Gasteiger partial charge in [0.25, 0.3) is 0 Å². The fourth-order valence-electron chi connectivity index (χ4n) is 2.64. The highest BCUT2D eigenvalue weighted by Gasteiger charge is 2.05. The van der Waals surface area contributed by atoms with E-state index in [4.69, 9.17) is 11.6 Å². The molecule has 5 nitrogen and oxygen atoms in total. The van der Waals surface area contributed by atoms with Crippen molar-refractivity contribution >= 4 is 52.9 Å². The highest BCUT2D eigenvalue weighted by Crippen LogP contribution is 2.21. The SMILES string of the molecule is CN=C(NCCc1ccc(Cl)s1)NCc1ccccc1Cn1cccn1.I. The molecule has 0 aliphatic heterocycles. The monoisotopic (exact) mass is 515 g/mol. The maximum Gasteiger partial charge on any atom is 0.191 e. The summed E-state index contributed by atoms with van der Waals surface area (Å²) in [5.74, 6) is 0.793. The van der Waals surface area contributed by atoms with Gasteiger partial charge in [-0.2, -0.15) is 5.10 Å². The highest BCUT2D eigenvalue weighted by molar-refractivity contribution is 14.0. The van der Waals surface area contributed by atoms with Crippen LogP contribution in [0.15, 0.2) is 59.9 Å². The molecule has 2 heterocycles. The van der Waals surface area contributed by atoms with E-state index < -0.39 is 0 Å². The fourth-order valence-corrected chi connectivity index (χ4v) is 3.73. The van der Waals surface area contributed by atoms with Gasteiger partial charge in [0.1, 0.15) is 0 Å². The van der Waals surface area contributed by atoms with E-state index in [0.29, 0.717) is 6.54 Å². The second-order valence-corrected chi connectivity index (χ2v) is 7.58. The predicted octanol–water partition coefficient (Wildman–Crippen LogP) is 4.17. The number of hydrogen-bond donors (Lipinski definition) is 2. The van der Waals surface area contributed by atoms with Gasteiger partial charge < -0.3 is 10.6 Å². The van der Waals surface area contributed by atoms with Gasteiger partial charge >= 0.3 is 0 Å². The summed E-state index contributed by atoms with van der Waals surface area (Å²) in [6.45, 7) is 2.28. The molecule has 0 saturated heterocycles. The summed E-state index contributed by atoms with van der Waals surface area (Å²) in [4.78, 5) is 5.57. The molecule has 0 radical (unpaired) electrons. The van der Waals surface area contributed by atoms with Crippen LogP contribution >= 0.6 is 46.9 Å². The lowest BCUT2D eigenvalue weighted by molar-refractivity contribution is 0.677. The van der Waals surface area contributed by atoms with Crippen molar-refractivity contribution in [1.82, 2.24) is 20.4 Å². The van der Waals surface area contributed by atoms with Gasteiger partial charge in [-0.3, -0.25) is 9.67 Å². The van der Waals surface area contributed by atoms with Crippen molar-refractivity contribution in [2.75, 3.05) is 13.6 Å². The summed E-state index contributed by atoms with van der Waals surface area (Å²) in [6, 6.07) is 14.3. The van der Waals surface area contributed by atoms with Gasteiger partial charge in [-0.05, 0) is 35.7 Å². The Morgan fingerprint density at radius 3 is 2.63 bits per heavy atom. The minimum atomic E-state index is 0. The average molecular weight is 516 g/mol. The molecule has 2 aromatic heterocycles. The zero-order valence-electron chi connectivity index (χ0n) is 15.1. The summed E-state index contributed by atoms with van der Waals surface area (Å²) >= 11 is 7.59. The molecule has 0 aliphatic carbocycles. The Labute approximate surface area is 185 Å². The smallest absolute Gasteiger partial charge is 0.191 e. The van der Waals surface area contributed by atoms with E-state index in [1.54, 1.807) is 24.6 Å². The van der Waals surface area contributed by atoms with E-state index in [0.717, 1.165) is 29.8 Å². The molecular formula is C19H23ClIN5S. The number of halogens is 2. The Kier molecular flexibility index (Phi) is 9.09. The first-order chi connectivity index (χ1) is 12.7. The van der Waals surface area contributed by atoms with Gasteiger partial charge in [0.2, 0.25) is 0 Å². The van der Waals surface area contributed by atoms with Crippen LogP contribution in [0.25, 0.3) is 0 Å². The summed E-state index contributed by atoms with van der Waals surface area (Å²) in [5.41, 5.74) is 2.48. The molecule has 0 spiro atoms. The molecule has 1 aromatic carbocycles. The summed E-state index contributed by atoms with van der Waals surface area (Å²) < 4.78 is 2.76. The first kappa shape index (κ1) is 21.7. The van der Waals surface area contributed by atoms with E-state index in [9.17, 15) is 0 Å². The molecule has 0 atom stereocenters. The number of hydrogen-bond acceptors (Lipinski definition) is 3. The van der Waals surface area contributed by atoms with E-state index in [1.165, 1.54) is 16.0 Å². The van der Waals surface area contributed by atoms with Crippen molar-refractivity contribution in [3.8, 4) is 0 Å². The number of nitrogens with zero attached hydrogens (tertiary/aromatic N) is 3. The highest BCUT2D eigenvalue weighted by atomic mass is 127. The first-order valence-electron chi connectivity index (χ1n) is 8.47. The lowest BCUT2D eigenvalue weighted by Crippen LogP contribution is -2.38. The molecule has 0 amide bonds. The fraction of sp³-hybridized carbons (Fsp3) is 0.263. The summed E-state index contributed by atoms with van der Waals surface area (Å²) in [7, 11) is 1.78. The van der Waals surface area contributed by atoms with Crippen molar-refractivity contribution in [1.29, 1.82) is 0 Å². The molecule has 8 heteroatoms. The predicted molar refractivity (Wildman–Crippen MR) is 124 cm³/mol. The molecule has 2 N–H and O–H groups in total. The van der Waals surface area contributed by atoms with Crippen LogP contribution in [0.4, 0.5) is 0 Å². The zero-order valence-corrected chi connectivity index (χ0v) is 19.0. The second kappa shape index (κ2) is 11.3. The second-order valence-electron chi connectivity index (χ2n) is 5.78. The van der Waals surface area contributed by atoms with Crippen molar-refractivity contribution < 1.29 is 0 Å². The molecule has 0 fully saturated rings. The van der Waals surface area contributed by atoms with Gasteiger partial charge in [-0.25, -0.2) is 0 Å². The van der Waals surface area contributed by atoms with Gasteiger partial charge in [0.05, 0.1) is 10.9 Å². The lowest BCUT2D eigenvalue weighted by atomic mass is 10.1. The van der Waals surface area contributed by atoms with Gasteiger partial charge in [-0.15, -0.1) is 35.3 Å². The van der Waals surface area contributed by atoms with Gasteiger partial charge in [0, 0.05) is 37.4 Å². The van der Waals surface area contributed by atoms with Crippen LogP contribution in [0.2, 0.25) is 4.34 Å². The van der Waals surface area contributed by atoms with Crippen LogP contribution in [-0.2, 0) is 19.5 Å². The number of benzene rings is 1. The van der Waals surface area contributed by atoms with Crippen molar-refractivity contribution in [2.24, 2.45) is 4.99 Å². The molecule has 3 rings (SSSR count). The number of rotatable bonds is 7. The van der Waals surface area contributed by atoms with E-state index in [2.05, 4.69) is 51.1 Å². The summed E-state index contributed by atoms with van der Waals surface area (Å²) in [6.07, 6.45) is 4.70. The van der Waals surface area contributed by atoms with E-state index in [1.807, 2.05) is 23.0 Å². The Morgan fingerprint density at radius 2 is 1.96 bits per heavy atom. The standard InChI is InChI=1S/C19H22ClN5S.HI/c1-21-19(22-11-9-17-7-8-18(20)26-17)23-13-15-5-2-3-6-16(15)14-25-12-4-10-24-25;/h2-8,10,12H,9,11,13-14H2,1H3,(H2,21,22,23);1H. The average Bonchev–Trinajstić information content (AvgIpc) is 3.31. The third kappa shape index (κ3) is 6.82. The van der Waals surface area contributed by atoms with Crippen molar-refractivity contribution in [3.63, 3.8) is 0 Å². The first-order valence-corrected chi connectivity index (χ1v) is 9.67. The number of aromatic nitrogens is 2. The van der Waals surface area contributed by atoms with Crippen LogP contribution in [-0.4, -0.2) is 29.3 Å². The van der Waals surface area contributed by atoms with Gasteiger partial charge in [0.15, 0.2) is 5.96 Å². The zero-order chi connectivity index (χ0) is 18.2. The molecule has 0 aliphatic rings. The Balaban J connectivity index is 0.00000261. The normalized spacial score (nSPS) is 11.1. The molecule has 0 unspecified atom stereocenters. The maximum atomic E-state index is 5.97. The number of guanidine groups is 1. The maximum absolute atomic E-state index is 5.97. The minimum absolute atomic E-state index is 0. The van der Waals surface area contributed by atoms with Crippen LogP contribution in [0.5, 0.6) is 0 Å². The Bertz CT molecular complexity index is 847. The number of thiophene rings is 1.